The Hall–Kier alpha value is -1.16. The number of alkyl halides is 1. The molecule has 1 aromatic heterocycles. The summed E-state index contributed by atoms with van der Waals surface area (Å²) in [5.74, 6) is 0.503. The molecule has 1 amide bonds. The predicted octanol–water partition coefficient (Wildman–Crippen LogP) is 1.23. The van der Waals surface area contributed by atoms with Crippen molar-refractivity contribution in [2.75, 3.05) is 12.4 Å². The Bertz CT molecular complexity index is 351. The number of nitrogens with one attached hydrogen (secondary N) is 1. The highest BCUT2D eigenvalue weighted by Gasteiger charge is 2.41. The van der Waals surface area contributed by atoms with Gasteiger partial charge in [-0.3, -0.25) is 4.79 Å². The summed E-state index contributed by atoms with van der Waals surface area (Å²) < 4.78 is 0. The van der Waals surface area contributed by atoms with E-state index in [0.717, 1.165) is 12.8 Å². The SMILES string of the molecule is O=C(NCC1(CCl)CC1)c1ccnnc1. The highest BCUT2D eigenvalue weighted by molar-refractivity contribution is 6.18. The zero-order valence-electron chi connectivity index (χ0n) is 8.24. The van der Waals surface area contributed by atoms with Crippen molar-refractivity contribution in [3.63, 3.8) is 0 Å². The van der Waals surface area contributed by atoms with Crippen molar-refractivity contribution < 1.29 is 4.79 Å². The Morgan fingerprint density at radius 3 is 2.87 bits per heavy atom. The molecule has 0 atom stereocenters. The van der Waals surface area contributed by atoms with Crippen LogP contribution in [0.15, 0.2) is 18.5 Å². The zero-order valence-corrected chi connectivity index (χ0v) is 9.00. The fraction of sp³-hybridized carbons (Fsp3) is 0.500. The minimum absolute atomic E-state index is 0.110. The van der Waals surface area contributed by atoms with Crippen molar-refractivity contribution in [1.82, 2.24) is 15.5 Å². The lowest BCUT2D eigenvalue weighted by Gasteiger charge is -2.11. The van der Waals surface area contributed by atoms with E-state index in [4.69, 9.17) is 11.6 Å². The second-order valence-electron chi connectivity index (χ2n) is 3.95. The first-order valence-electron chi connectivity index (χ1n) is 4.87. The monoisotopic (exact) mass is 225 g/mol. The van der Waals surface area contributed by atoms with Gasteiger partial charge in [0.05, 0.1) is 18.0 Å². The van der Waals surface area contributed by atoms with Crippen molar-refractivity contribution in [1.29, 1.82) is 0 Å². The minimum Gasteiger partial charge on any atom is -0.351 e. The fourth-order valence-electron chi connectivity index (χ4n) is 1.33. The van der Waals surface area contributed by atoms with E-state index in [9.17, 15) is 4.79 Å². The zero-order chi connectivity index (χ0) is 10.7. The molecule has 2 rings (SSSR count). The largest absolute Gasteiger partial charge is 0.351 e. The summed E-state index contributed by atoms with van der Waals surface area (Å²) in [6, 6.07) is 1.64. The third-order valence-corrected chi connectivity index (χ3v) is 3.28. The van der Waals surface area contributed by atoms with Gasteiger partial charge in [0, 0.05) is 17.8 Å². The van der Waals surface area contributed by atoms with Crippen LogP contribution in [-0.2, 0) is 0 Å². The maximum atomic E-state index is 11.6. The Labute approximate surface area is 93.0 Å². The number of carbonyl (C=O) groups is 1. The Morgan fingerprint density at radius 1 is 1.53 bits per heavy atom. The van der Waals surface area contributed by atoms with Crippen LogP contribution in [0, 0.1) is 5.41 Å². The molecule has 80 valence electrons. The Balaban J connectivity index is 1.88. The average Bonchev–Trinajstić information content (AvgIpc) is 3.08. The minimum atomic E-state index is -0.110. The highest BCUT2D eigenvalue weighted by atomic mass is 35.5. The normalized spacial score (nSPS) is 17.1. The number of amides is 1. The van der Waals surface area contributed by atoms with Crippen LogP contribution in [0.4, 0.5) is 0 Å². The second-order valence-corrected chi connectivity index (χ2v) is 4.21. The number of nitrogens with zero attached hydrogens (tertiary/aromatic N) is 2. The first-order valence-corrected chi connectivity index (χ1v) is 5.40. The third kappa shape index (κ3) is 2.45. The molecule has 1 aromatic rings. The number of hydrogen-bond donors (Lipinski definition) is 1. The van der Waals surface area contributed by atoms with Crippen LogP contribution in [0.3, 0.4) is 0 Å². The molecule has 0 radical (unpaired) electrons. The molecule has 1 N–H and O–H groups in total. The fourth-order valence-corrected chi connectivity index (χ4v) is 1.69. The first-order chi connectivity index (χ1) is 7.26. The van der Waals surface area contributed by atoms with Crippen LogP contribution >= 0.6 is 11.6 Å². The van der Waals surface area contributed by atoms with E-state index < -0.39 is 0 Å². The number of halogens is 1. The molecule has 0 unspecified atom stereocenters. The van der Waals surface area contributed by atoms with Crippen LogP contribution in [0.2, 0.25) is 0 Å². The number of aromatic nitrogens is 2. The van der Waals surface area contributed by atoms with Gasteiger partial charge in [-0.1, -0.05) is 0 Å². The molecule has 1 heterocycles. The molecule has 15 heavy (non-hydrogen) atoms. The molecule has 0 aliphatic heterocycles. The Kier molecular flexibility index (Phi) is 2.86. The van der Waals surface area contributed by atoms with E-state index in [0.29, 0.717) is 18.0 Å². The van der Waals surface area contributed by atoms with Crippen LogP contribution in [0.25, 0.3) is 0 Å². The molecular formula is C10H12ClN3O. The van der Waals surface area contributed by atoms with Gasteiger partial charge >= 0.3 is 0 Å². The molecule has 1 saturated carbocycles. The lowest BCUT2D eigenvalue weighted by molar-refractivity contribution is 0.0946. The Morgan fingerprint density at radius 2 is 2.33 bits per heavy atom. The predicted molar refractivity (Wildman–Crippen MR) is 56.8 cm³/mol. The number of rotatable bonds is 4. The van der Waals surface area contributed by atoms with E-state index >= 15 is 0 Å². The van der Waals surface area contributed by atoms with Gasteiger partial charge in [-0.15, -0.1) is 11.6 Å². The summed E-state index contributed by atoms with van der Waals surface area (Å²) in [7, 11) is 0. The van der Waals surface area contributed by atoms with Crippen molar-refractivity contribution >= 4 is 17.5 Å². The summed E-state index contributed by atoms with van der Waals surface area (Å²) >= 11 is 5.81. The summed E-state index contributed by atoms with van der Waals surface area (Å²) in [6.07, 6.45) is 5.16. The molecule has 1 fully saturated rings. The van der Waals surface area contributed by atoms with E-state index in [1.54, 1.807) is 6.07 Å². The molecular weight excluding hydrogens is 214 g/mol. The van der Waals surface area contributed by atoms with Crippen LogP contribution in [0.5, 0.6) is 0 Å². The maximum Gasteiger partial charge on any atom is 0.252 e. The van der Waals surface area contributed by atoms with Crippen LogP contribution in [0.1, 0.15) is 23.2 Å². The maximum absolute atomic E-state index is 11.6. The lowest BCUT2D eigenvalue weighted by atomic mass is 10.1. The number of hydrogen-bond acceptors (Lipinski definition) is 3. The molecule has 0 spiro atoms. The molecule has 4 nitrogen and oxygen atoms in total. The van der Waals surface area contributed by atoms with Gasteiger partial charge < -0.3 is 5.32 Å². The average molecular weight is 226 g/mol. The van der Waals surface area contributed by atoms with Gasteiger partial charge in [0.15, 0.2) is 0 Å². The third-order valence-electron chi connectivity index (χ3n) is 2.71. The molecule has 0 saturated heterocycles. The van der Waals surface area contributed by atoms with Crippen molar-refractivity contribution in [2.45, 2.75) is 12.8 Å². The smallest absolute Gasteiger partial charge is 0.252 e. The number of carbonyl (C=O) groups excluding carboxylic acids is 1. The highest BCUT2D eigenvalue weighted by Crippen LogP contribution is 2.45. The summed E-state index contributed by atoms with van der Waals surface area (Å²) in [6.45, 7) is 0.650. The van der Waals surface area contributed by atoms with E-state index in [1.165, 1.54) is 12.4 Å². The van der Waals surface area contributed by atoms with Gasteiger partial charge in [-0.05, 0) is 18.9 Å². The molecule has 0 aromatic carbocycles. The van der Waals surface area contributed by atoms with Gasteiger partial charge in [0.25, 0.3) is 5.91 Å². The summed E-state index contributed by atoms with van der Waals surface area (Å²) in [5.41, 5.74) is 0.688. The summed E-state index contributed by atoms with van der Waals surface area (Å²) in [4.78, 5) is 11.6. The van der Waals surface area contributed by atoms with Crippen LogP contribution in [-0.4, -0.2) is 28.5 Å². The van der Waals surface area contributed by atoms with Gasteiger partial charge in [-0.25, -0.2) is 0 Å². The topological polar surface area (TPSA) is 54.9 Å². The van der Waals surface area contributed by atoms with Gasteiger partial charge in [0.1, 0.15) is 0 Å². The van der Waals surface area contributed by atoms with Crippen molar-refractivity contribution in [3.05, 3.63) is 24.0 Å². The first kappa shape index (κ1) is 10.4. The molecule has 0 bridgehead atoms. The second kappa shape index (κ2) is 4.14. The molecule has 5 heteroatoms. The molecule has 1 aliphatic rings. The lowest BCUT2D eigenvalue weighted by Crippen LogP contribution is -2.31. The quantitative estimate of drug-likeness (QED) is 0.785. The van der Waals surface area contributed by atoms with E-state index in [-0.39, 0.29) is 11.3 Å². The van der Waals surface area contributed by atoms with E-state index in [1.807, 2.05) is 0 Å². The van der Waals surface area contributed by atoms with Gasteiger partial charge in [-0.2, -0.15) is 10.2 Å². The molecule has 1 aliphatic carbocycles. The van der Waals surface area contributed by atoms with Crippen molar-refractivity contribution in [3.8, 4) is 0 Å². The summed E-state index contributed by atoms with van der Waals surface area (Å²) in [5, 5.41) is 10.1. The van der Waals surface area contributed by atoms with E-state index in [2.05, 4.69) is 15.5 Å². The van der Waals surface area contributed by atoms with Gasteiger partial charge in [0.2, 0.25) is 0 Å². The standard InChI is InChI=1S/C10H12ClN3O/c11-6-10(2-3-10)7-12-9(15)8-1-4-13-14-5-8/h1,4-5H,2-3,6-7H2,(H,12,15). The van der Waals surface area contributed by atoms with Crippen molar-refractivity contribution in [2.24, 2.45) is 5.41 Å². The van der Waals surface area contributed by atoms with Crippen LogP contribution < -0.4 is 5.32 Å².